The Balaban J connectivity index is 0.981. The van der Waals surface area contributed by atoms with E-state index in [4.69, 9.17) is 14.7 Å². The highest BCUT2D eigenvalue weighted by molar-refractivity contribution is 6.10. The van der Waals surface area contributed by atoms with E-state index < -0.39 is 0 Å². The molecule has 0 amide bonds. The first kappa shape index (κ1) is 52.8. The van der Waals surface area contributed by atoms with Gasteiger partial charge >= 0.3 is 0 Å². The fourth-order valence-electron chi connectivity index (χ4n) is 13.3. The van der Waals surface area contributed by atoms with Crippen molar-refractivity contribution in [2.75, 3.05) is 16.5 Å². The summed E-state index contributed by atoms with van der Waals surface area (Å²) >= 11 is 0. The summed E-state index contributed by atoms with van der Waals surface area (Å²) in [6.45, 7) is 15.2. The van der Waals surface area contributed by atoms with Crippen molar-refractivity contribution in [3.8, 4) is 73.0 Å². The lowest BCUT2D eigenvalue weighted by molar-refractivity contribution is 0.483. The third-order valence-electron chi connectivity index (χ3n) is 17.7. The molecule has 7 nitrogen and oxygen atoms in total. The van der Waals surface area contributed by atoms with E-state index in [0.717, 1.165) is 132 Å². The van der Waals surface area contributed by atoms with Crippen LogP contribution in [0.1, 0.15) is 71.3 Å². The van der Waals surface area contributed by atoms with Gasteiger partial charge in [-0.05, 0) is 146 Å². The number of ether oxygens (including phenoxy) is 1. The first-order valence-electron chi connectivity index (χ1n) is 30.3. The zero-order valence-corrected chi connectivity index (χ0v) is 49.7. The molecule has 13 aromatic rings. The molecule has 0 spiro atoms. The predicted octanol–water partition coefficient (Wildman–Crippen LogP) is 20.8. The number of fused-ring (bicyclic) bond motifs is 7. The molecule has 0 bridgehead atoms. The second-order valence-corrected chi connectivity index (χ2v) is 25.3. The minimum absolute atomic E-state index is 0.0603. The average Bonchev–Trinajstić information content (AvgIpc) is 1.60. The standard InChI is InChI=1S/C79H68N6O/c1-78(2,3)57-39-40-80-75(46-57)85-69-35-20-19-32-64(69)65-38-37-60(48-70(65)85)86-61-43-56(76-62(52-24-11-7-12-25-52)33-23-34-63(76)53-26-13-8-14-27-53)42-59(47-61)83-51-84(73-50-71-68(49-72(73)83)81-74-36-21-22-41-82(71)74)77-66(54-28-15-9-16-29-54)44-58(79(4,5)6)45-67(77)55-30-17-10-18-31-55/h7-20,23-35,37-40,42-50H,21-22,36,41,51H2,1-6H3. The first-order valence-corrected chi connectivity index (χ1v) is 30.3. The summed E-state index contributed by atoms with van der Waals surface area (Å²) in [6.07, 6.45) is 5.19. The van der Waals surface area contributed by atoms with Crippen LogP contribution in [-0.2, 0) is 23.8 Å². The molecule has 0 fully saturated rings. The molecular formula is C79H68N6O. The monoisotopic (exact) mass is 1120 g/mol. The summed E-state index contributed by atoms with van der Waals surface area (Å²) in [6, 6.07) is 86.4. The zero-order valence-electron chi connectivity index (χ0n) is 49.7. The Kier molecular flexibility index (Phi) is 12.9. The highest BCUT2D eigenvalue weighted by atomic mass is 16.5. The Hall–Kier alpha value is -9.98. The second-order valence-electron chi connectivity index (χ2n) is 25.3. The van der Waals surface area contributed by atoms with Crippen LogP contribution >= 0.6 is 0 Å². The van der Waals surface area contributed by atoms with E-state index in [1.54, 1.807) is 0 Å². The van der Waals surface area contributed by atoms with Crippen LogP contribution in [0.3, 0.4) is 0 Å². The molecule has 0 N–H and O–H groups in total. The van der Waals surface area contributed by atoms with E-state index >= 15 is 0 Å². The van der Waals surface area contributed by atoms with Crippen LogP contribution in [0.2, 0.25) is 0 Å². The van der Waals surface area contributed by atoms with E-state index in [0.29, 0.717) is 6.67 Å². The molecule has 0 saturated carbocycles. The first-order chi connectivity index (χ1) is 41.9. The van der Waals surface area contributed by atoms with Crippen molar-refractivity contribution in [1.29, 1.82) is 0 Å². The molecule has 0 aliphatic carbocycles. The third-order valence-corrected chi connectivity index (χ3v) is 17.7. The van der Waals surface area contributed by atoms with Gasteiger partial charge in [0.2, 0.25) is 0 Å². The molecule has 15 rings (SSSR count). The number of nitrogens with zero attached hydrogens (tertiary/aromatic N) is 6. The van der Waals surface area contributed by atoms with Crippen LogP contribution in [0.25, 0.3) is 94.3 Å². The van der Waals surface area contributed by atoms with Crippen molar-refractivity contribution in [3.63, 3.8) is 0 Å². The Labute approximate surface area is 504 Å². The summed E-state index contributed by atoms with van der Waals surface area (Å²) < 4.78 is 12.2. The van der Waals surface area contributed by atoms with Gasteiger partial charge in [-0.3, -0.25) is 4.57 Å². The molecule has 7 heteroatoms. The SMILES string of the molecule is CC(C)(C)c1ccnc(-n2c3ccccc3c3ccc(Oc4cc(-c5c(-c6ccccc6)cccc5-c5ccccc5)cc(N5CN(c6c(-c7ccccc7)cc(C(C)(C)C)cc6-c6ccccc6)c6cc7c(cc65)nc5n7CCCC5)c4)cc32)c1. The molecule has 3 aromatic heterocycles. The number of hydrogen-bond donors (Lipinski definition) is 0. The number of aryl methyl sites for hydroxylation is 2. The predicted molar refractivity (Wildman–Crippen MR) is 358 cm³/mol. The Morgan fingerprint density at radius 1 is 0.430 bits per heavy atom. The number of pyridine rings is 1. The summed E-state index contributed by atoms with van der Waals surface area (Å²) in [5, 5.41) is 2.30. The van der Waals surface area contributed by atoms with Crippen LogP contribution in [0.15, 0.2) is 243 Å². The van der Waals surface area contributed by atoms with Gasteiger partial charge in [-0.15, -0.1) is 0 Å². The van der Waals surface area contributed by atoms with Crippen molar-refractivity contribution in [3.05, 3.63) is 260 Å². The topological polar surface area (TPSA) is 51.4 Å². The van der Waals surface area contributed by atoms with Gasteiger partial charge in [0.05, 0.1) is 39.1 Å². The third kappa shape index (κ3) is 9.39. The number of hydrogen-bond acceptors (Lipinski definition) is 5. The van der Waals surface area contributed by atoms with E-state index in [2.05, 4.69) is 297 Å². The molecule has 10 aromatic carbocycles. The molecule has 2 aliphatic heterocycles. The van der Waals surface area contributed by atoms with Gasteiger partial charge in [0.1, 0.15) is 29.8 Å². The molecule has 0 radical (unpaired) electrons. The maximum atomic E-state index is 7.44. The van der Waals surface area contributed by atoms with Gasteiger partial charge in [0.25, 0.3) is 0 Å². The van der Waals surface area contributed by atoms with E-state index in [9.17, 15) is 0 Å². The quantitative estimate of drug-likeness (QED) is 0.137. The lowest BCUT2D eigenvalue weighted by Crippen LogP contribution is -2.25. The number of para-hydroxylation sites is 1. The molecule has 0 saturated heterocycles. The lowest BCUT2D eigenvalue weighted by Gasteiger charge is -2.30. The van der Waals surface area contributed by atoms with Crippen LogP contribution in [0.5, 0.6) is 11.5 Å². The summed E-state index contributed by atoms with van der Waals surface area (Å²) in [4.78, 5) is 15.5. The van der Waals surface area contributed by atoms with Gasteiger partial charge in [0.15, 0.2) is 0 Å². The van der Waals surface area contributed by atoms with E-state index in [-0.39, 0.29) is 10.8 Å². The number of anilines is 4. The minimum atomic E-state index is -0.121. The normalized spacial score (nSPS) is 13.4. The molecule has 0 unspecified atom stereocenters. The van der Waals surface area contributed by atoms with E-state index in [1.165, 1.54) is 38.9 Å². The fraction of sp³-hybridized carbons (Fsp3) is 0.165. The Morgan fingerprint density at radius 3 is 1.66 bits per heavy atom. The molecule has 5 heterocycles. The van der Waals surface area contributed by atoms with Crippen LogP contribution in [0.4, 0.5) is 22.7 Å². The maximum Gasteiger partial charge on any atom is 0.137 e. The number of imidazole rings is 1. The van der Waals surface area contributed by atoms with Crippen molar-refractivity contribution in [2.24, 2.45) is 0 Å². The minimum Gasteiger partial charge on any atom is -0.457 e. The zero-order chi connectivity index (χ0) is 58.3. The largest absolute Gasteiger partial charge is 0.457 e. The molecule has 420 valence electrons. The average molecular weight is 1120 g/mol. The van der Waals surface area contributed by atoms with Crippen molar-refractivity contribution < 1.29 is 4.74 Å². The van der Waals surface area contributed by atoms with Gasteiger partial charge in [0, 0.05) is 58.9 Å². The van der Waals surface area contributed by atoms with Gasteiger partial charge < -0.3 is 19.1 Å². The number of benzene rings is 10. The smallest absolute Gasteiger partial charge is 0.137 e. The van der Waals surface area contributed by atoms with Gasteiger partial charge in [-0.1, -0.05) is 199 Å². The highest BCUT2D eigenvalue weighted by Gasteiger charge is 2.35. The summed E-state index contributed by atoms with van der Waals surface area (Å²) in [7, 11) is 0. The molecular weight excluding hydrogens is 1050 g/mol. The summed E-state index contributed by atoms with van der Waals surface area (Å²) in [5.41, 5.74) is 22.5. The van der Waals surface area contributed by atoms with Crippen molar-refractivity contribution >= 4 is 55.6 Å². The molecule has 2 aliphatic rings. The Bertz CT molecular complexity index is 4600. The molecule has 0 atom stereocenters. The van der Waals surface area contributed by atoms with Crippen molar-refractivity contribution in [1.82, 2.24) is 19.1 Å². The lowest BCUT2D eigenvalue weighted by atomic mass is 9.82. The number of aromatic nitrogens is 4. The van der Waals surface area contributed by atoms with Gasteiger partial charge in [-0.2, -0.15) is 0 Å². The Morgan fingerprint density at radius 2 is 1.02 bits per heavy atom. The van der Waals surface area contributed by atoms with Crippen molar-refractivity contribution in [2.45, 2.75) is 78.2 Å². The second kappa shape index (κ2) is 21.0. The van der Waals surface area contributed by atoms with E-state index in [1.807, 2.05) is 6.20 Å². The summed E-state index contributed by atoms with van der Waals surface area (Å²) in [5.74, 6) is 3.48. The van der Waals surface area contributed by atoms with Gasteiger partial charge in [-0.25, -0.2) is 9.97 Å². The molecule has 86 heavy (non-hydrogen) atoms. The fourth-order valence-corrected chi connectivity index (χ4v) is 13.3. The van der Waals surface area contributed by atoms with Crippen LogP contribution in [0, 0.1) is 0 Å². The number of rotatable bonds is 10. The van der Waals surface area contributed by atoms with Crippen LogP contribution in [-0.4, -0.2) is 25.8 Å². The maximum absolute atomic E-state index is 7.44. The van der Waals surface area contributed by atoms with Crippen LogP contribution < -0.4 is 14.5 Å². The highest BCUT2D eigenvalue weighted by Crippen LogP contribution is 2.54.